The fourth-order valence-electron chi connectivity index (χ4n) is 2.33. The predicted octanol–water partition coefficient (Wildman–Crippen LogP) is 3.61. The molecular weight excluding hydrogens is 240 g/mol. The zero-order chi connectivity index (χ0) is 12.4. The maximum atomic E-state index is 4.25. The molecule has 90 valence electrons. The third-order valence-corrected chi connectivity index (χ3v) is 3.90. The van der Waals surface area contributed by atoms with Gasteiger partial charge in [0, 0.05) is 17.8 Å². The van der Waals surface area contributed by atoms with Crippen LogP contribution in [-0.2, 0) is 0 Å². The second-order valence-electron chi connectivity index (χ2n) is 4.22. The molecule has 0 saturated heterocycles. The van der Waals surface area contributed by atoms with Crippen molar-refractivity contribution in [1.29, 1.82) is 0 Å². The molecule has 0 aliphatic rings. The van der Waals surface area contributed by atoms with Crippen LogP contribution in [0.4, 0.5) is 0 Å². The van der Waals surface area contributed by atoms with E-state index < -0.39 is 0 Å². The van der Waals surface area contributed by atoms with Crippen LogP contribution in [0.1, 0.15) is 17.2 Å². The molecule has 1 unspecified atom stereocenters. The van der Waals surface area contributed by atoms with Crippen LogP contribution in [0, 0.1) is 0 Å². The topological polar surface area (TPSA) is 24.9 Å². The molecule has 0 bridgehead atoms. The Kier molecular flexibility index (Phi) is 3.09. The van der Waals surface area contributed by atoms with Crippen LogP contribution in [-0.4, -0.2) is 12.0 Å². The van der Waals surface area contributed by atoms with Crippen molar-refractivity contribution in [2.24, 2.45) is 0 Å². The number of nitrogens with zero attached hydrogens (tertiary/aromatic N) is 1. The average molecular weight is 254 g/mol. The fraction of sp³-hybridized carbons (Fsp3) is 0.133. The van der Waals surface area contributed by atoms with E-state index >= 15 is 0 Å². The smallest absolute Gasteiger partial charge is 0.0589 e. The van der Waals surface area contributed by atoms with Crippen molar-refractivity contribution >= 4 is 22.1 Å². The normalized spacial score (nSPS) is 12.7. The molecule has 1 N–H and O–H groups in total. The van der Waals surface area contributed by atoms with Crippen molar-refractivity contribution in [3.8, 4) is 0 Å². The highest BCUT2D eigenvalue weighted by Gasteiger charge is 2.14. The molecule has 2 aromatic heterocycles. The number of nitrogens with one attached hydrogen (secondary N) is 1. The second kappa shape index (κ2) is 4.88. The molecule has 3 rings (SSSR count). The molecule has 0 aliphatic heterocycles. The van der Waals surface area contributed by atoms with E-state index in [4.69, 9.17) is 0 Å². The molecule has 0 amide bonds. The molecule has 0 saturated carbocycles. The molecule has 2 heterocycles. The van der Waals surface area contributed by atoms with Gasteiger partial charge >= 0.3 is 0 Å². The number of thiophene rings is 1. The predicted molar refractivity (Wildman–Crippen MR) is 77.0 cm³/mol. The summed E-state index contributed by atoms with van der Waals surface area (Å²) in [7, 11) is 2.00. The lowest BCUT2D eigenvalue weighted by Crippen LogP contribution is -2.17. The third kappa shape index (κ3) is 1.92. The summed E-state index contributed by atoms with van der Waals surface area (Å²) in [6, 6.07) is 10.8. The number of rotatable bonds is 3. The first-order valence-corrected chi connectivity index (χ1v) is 6.86. The molecule has 2 nitrogen and oxygen atoms in total. The van der Waals surface area contributed by atoms with Crippen molar-refractivity contribution in [3.05, 3.63) is 64.6 Å². The molecule has 1 aromatic carbocycles. The Hall–Kier alpha value is -1.71. The monoisotopic (exact) mass is 254 g/mol. The van der Waals surface area contributed by atoms with Gasteiger partial charge in [-0.1, -0.05) is 18.2 Å². The van der Waals surface area contributed by atoms with Gasteiger partial charge in [0.2, 0.25) is 0 Å². The van der Waals surface area contributed by atoms with Crippen molar-refractivity contribution in [2.75, 3.05) is 7.05 Å². The van der Waals surface area contributed by atoms with Gasteiger partial charge in [0.05, 0.1) is 6.04 Å². The lowest BCUT2D eigenvalue weighted by Gasteiger charge is -2.17. The SMILES string of the molecule is CNC(c1ccsc1)c1cccc2ccncc12. The number of pyridine rings is 1. The van der Waals surface area contributed by atoms with Crippen LogP contribution < -0.4 is 5.32 Å². The first-order chi connectivity index (χ1) is 8.90. The number of benzene rings is 1. The molecule has 0 spiro atoms. The van der Waals surface area contributed by atoms with E-state index in [1.54, 1.807) is 11.3 Å². The summed E-state index contributed by atoms with van der Waals surface area (Å²) in [5.74, 6) is 0. The Balaban J connectivity index is 2.18. The van der Waals surface area contributed by atoms with Crippen molar-refractivity contribution in [3.63, 3.8) is 0 Å². The number of hydrogen-bond donors (Lipinski definition) is 1. The maximum Gasteiger partial charge on any atom is 0.0589 e. The lowest BCUT2D eigenvalue weighted by atomic mass is 9.96. The largest absolute Gasteiger partial charge is 0.309 e. The van der Waals surface area contributed by atoms with Gasteiger partial charge in [-0.25, -0.2) is 0 Å². The number of aromatic nitrogens is 1. The minimum atomic E-state index is 0.226. The fourth-order valence-corrected chi connectivity index (χ4v) is 3.02. The summed E-state index contributed by atoms with van der Waals surface area (Å²) in [6.07, 6.45) is 3.78. The highest BCUT2D eigenvalue weighted by molar-refractivity contribution is 7.08. The van der Waals surface area contributed by atoms with Gasteiger partial charge in [-0.2, -0.15) is 11.3 Å². The van der Waals surface area contributed by atoms with E-state index in [9.17, 15) is 0 Å². The van der Waals surface area contributed by atoms with Gasteiger partial charge in [0.25, 0.3) is 0 Å². The summed E-state index contributed by atoms with van der Waals surface area (Å²) < 4.78 is 0. The Labute approximate surface area is 110 Å². The Morgan fingerprint density at radius 3 is 2.94 bits per heavy atom. The van der Waals surface area contributed by atoms with Crippen LogP contribution in [0.3, 0.4) is 0 Å². The van der Waals surface area contributed by atoms with Crippen molar-refractivity contribution < 1.29 is 0 Å². The molecule has 3 heteroatoms. The summed E-state index contributed by atoms with van der Waals surface area (Å²) in [4.78, 5) is 4.25. The van der Waals surface area contributed by atoms with Crippen molar-refractivity contribution in [2.45, 2.75) is 6.04 Å². The second-order valence-corrected chi connectivity index (χ2v) is 5.00. The van der Waals surface area contributed by atoms with E-state index in [0.29, 0.717) is 0 Å². The maximum absolute atomic E-state index is 4.25. The first kappa shape index (κ1) is 11.4. The van der Waals surface area contributed by atoms with Gasteiger partial charge in [-0.3, -0.25) is 4.98 Å². The lowest BCUT2D eigenvalue weighted by molar-refractivity contribution is 0.699. The molecule has 1 atom stereocenters. The van der Waals surface area contributed by atoms with Crippen molar-refractivity contribution in [1.82, 2.24) is 10.3 Å². The molecular formula is C15H14N2S. The molecule has 0 aliphatic carbocycles. The van der Waals surface area contributed by atoms with Gasteiger partial charge in [0.15, 0.2) is 0 Å². The Bertz CT molecular complexity index is 641. The summed E-state index contributed by atoms with van der Waals surface area (Å²) in [5.41, 5.74) is 2.58. The van der Waals surface area contributed by atoms with E-state index in [1.165, 1.54) is 21.9 Å². The summed E-state index contributed by atoms with van der Waals surface area (Å²) in [6.45, 7) is 0. The number of hydrogen-bond acceptors (Lipinski definition) is 3. The van der Waals surface area contributed by atoms with E-state index in [-0.39, 0.29) is 6.04 Å². The van der Waals surface area contributed by atoms with Crippen LogP contribution in [0.25, 0.3) is 10.8 Å². The summed E-state index contributed by atoms with van der Waals surface area (Å²) >= 11 is 1.73. The highest BCUT2D eigenvalue weighted by Crippen LogP contribution is 2.29. The van der Waals surface area contributed by atoms with Gasteiger partial charge in [0.1, 0.15) is 0 Å². The highest BCUT2D eigenvalue weighted by atomic mass is 32.1. The molecule has 0 fully saturated rings. The van der Waals surface area contributed by atoms with Crippen LogP contribution in [0.15, 0.2) is 53.5 Å². The zero-order valence-electron chi connectivity index (χ0n) is 10.1. The Morgan fingerprint density at radius 1 is 1.22 bits per heavy atom. The van der Waals surface area contributed by atoms with E-state index in [2.05, 4.69) is 51.4 Å². The zero-order valence-corrected chi connectivity index (χ0v) is 10.9. The molecule has 3 aromatic rings. The Morgan fingerprint density at radius 2 is 2.17 bits per heavy atom. The first-order valence-electron chi connectivity index (χ1n) is 5.92. The van der Waals surface area contributed by atoms with Gasteiger partial charge in [-0.05, 0) is 46.5 Å². The minimum Gasteiger partial charge on any atom is -0.309 e. The standard InChI is InChI=1S/C15H14N2S/c1-16-15(12-6-8-18-10-12)13-4-2-3-11-5-7-17-9-14(11)13/h2-10,15-16H,1H3. The van der Waals surface area contributed by atoms with E-state index in [0.717, 1.165) is 0 Å². The van der Waals surface area contributed by atoms with Crippen LogP contribution in [0.2, 0.25) is 0 Å². The van der Waals surface area contributed by atoms with Crippen LogP contribution in [0.5, 0.6) is 0 Å². The third-order valence-electron chi connectivity index (χ3n) is 3.19. The average Bonchev–Trinajstić information content (AvgIpc) is 2.94. The van der Waals surface area contributed by atoms with Crippen LogP contribution >= 0.6 is 11.3 Å². The number of fused-ring (bicyclic) bond motifs is 1. The van der Waals surface area contributed by atoms with Gasteiger partial charge < -0.3 is 5.32 Å². The molecule has 0 radical (unpaired) electrons. The molecule has 18 heavy (non-hydrogen) atoms. The van der Waals surface area contributed by atoms with E-state index in [1.807, 2.05) is 19.4 Å². The van der Waals surface area contributed by atoms with Gasteiger partial charge in [-0.15, -0.1) is 0 Å². The quantitative estimate of drug-likeness (QED) is 0.772. The minimum absolute atomic E-state index is 0.226. The summed E-state index contributed by atoms with van der Waals surface area (Å²) in [5, 5.41) is 10.1.